The van der Waals surface area contributed by atoms with Crippen LogP contribution < -0.4 is 15.4 Å². The van der Waals surface area contributed by atoms with E-state index in [4.69, 9.17) is 16.3 Å². The Balaban J connectivity index is 1.62. The standard InChI is InChI=1S/C25H25ClN2O3/c1-2-31-22-14-10-19(11-15-22)24(18-6-4-3-5-7-18)28-23(29)16-17-27-25(30)20-8-12-21(26)13-9-20/h3-15,24H,2,16-17H2,1H3,(H,27,30)(H,28,29). The molecule has 0 aliphatic heterocycles. The normalized spacial score (nSPS) is 11.4. The van der Waals surface area contributed by atoms with E-state index < -0.39 is 0 Å². The number of carbonyl (C=O) groups excluding carboxylic acids is 2. The van der Waals surface area contributed by atoms with Gasteiger partial charge in [0.1, 0.15) is 5.75 Å². The van der Waals surface area contributed by atoms with Crippen LogP contribution in [0.3, 0.4) is 0 Å². The number of rotatable bonds is 9. The lowest BCUT2D eigenvalue weighted by Crippen LogP contribution is -2.33. The highest BCUT2D eigenvalue weighted by atomic mass is 35.5. The van der Waals surface area contributed by atoms with Gasteiger partial charge in [0, 0.05) is 23.6 Å². The summed E-state index contributed by atoms with van der Waals surface area (Å²) >= 11 is 5.84. The summed E-state index contributed by atoms with van der Waals surface area (Å²) < 4.78 is 5.51. The third-order valence-electron chi connectivity index (χ3n) is 4.71. The Bertz CT molecular complexity index is 990. The van der Waals surface area contributed by atoms with Gasteiger partial charge in [0.05, 0.1) is 12.6 Å². The average molecular weight is 437 g/mol. The van der Waals surface area contributed by atoms with Gasteiger partial charge >= 0.3 is 0 Å². The largest absolute Gasteiger partial charge is 0.494 e. The Morgan fingerprint density at radius 1 is 0.903 bits per heavy atom. The number of benzene rings is 3. The Morgan fingerprint density at radius 3 is 2.19 bits per heavy atom. The van der Waals surface area contributed by atoms with Crippen molar-refractivity contribution >= 4 is 23.4 Å². The van der Waals surface area contributed by atoms with Crippen LogP contribution in [-0.4, -0.2) is 25.0 Å². The minimum absolute atomic E-state index is 0.154. The highest BCUT2D eigenvalue weighted by molar-refractivity contribution is 6.30. The molecule has 0 aromatic heterocycles. The van der Waals surface area contributed by atoms with Crippen LogP contribution in [0.1, 0.15) is 40.9 Å². The molecule has 6 heteroatoms. The van der Waals surface area contributed by atoms with Gasteiger partial charge in [-0.05, 0) is 54.4 Å². The summed E-state index contributed by atoms with van der Waals surface area (Å²) in [6.45, 7) is 2.77. The molecule has 0 bridgehead atoms. The number of halogens is 1. The van der Waals surface area contributed by atoms with Crippen LogP contribution in [0.2, 0.25) is 5.02 Å². The smallest absolute Gasteiger partial charge is 0.251 e. The molecule has 3 aromatic carbocycles. The van der Waals surface area contributed by atoms with Crippen molar-refractivity contribution in [2.75, 3.05) is 13.2 Å². The number of hydrogen-bond acceptors (Lipinski definition) is 3. The van der Waals surface area contributed by atoms with Gasteiger partial charge in [-0.15, -0.1) is 0 Å². The number of hydrogen-bond donors (Lipinski definition) is 2. The number of ether oxygens (including phenoxy) is 1. The van der Waals surface area contributed by atoms with Crippen molar-refractivity contribution in [3.8, 4) is 5.75 Å². The molecule has 3 rings (SSSR count). The van der Waals surface area contributed by atoms with Crippen molar-refractivity contribution in [3.05, 3.63) is 101 Å². The second kappa shape index (κ2) is 11.2. The molecule has 3 aromatic rings. The molecule has 0 spiro atoms. The SMILES string of the molecule is CCOc1ccc(C(NC(=O)CCNC(=O)c2ccc(Cl)cc2)c2ccccc2)cc1. The lowest BCUT2D eigenvalue weighted by molar-refractivity contribution is -0.121. The third-order valence-corrected chi connectivity index (χ3v) is 4.96. The summed E-state index contributed by atoms with van der Waals surface area (Å²) in [7, 11) is 0. The second-order valence-corrected chi connectivity index (χ2v) is 7.36. The molecular weight excluding hydrogens is 412 g/mol. The molecule has 5 nitrogen and oxygen atoms in total. The van der Waals surface area contributed by atoms with E-state index in [2.05, 4.69) is 10.6 Å². The predicted molar refractivity (Wildman–Crippen MR) is 122 cm³/mol. The van der Waals surface area contributed by atoms with Gasteiger partial charge in [0.15, 0.2) is 0 Å². The van der Waals surface area contributed by atoms with Crippen molar-refractivity contribution in [3.63, 3.8) is 0 Å². The average Bonchev–Trinajstić information content (AvgIpc) is 2.79. The summed E-state index contributed by atoms with van der Waals surface area (Å²) in [6.07, 6.45) is 0.166. The summed E-state index contributed by atoms with van der Waals surface area (Å²) in [5.41, 5.74) is 2.43. The van der Waals surface area contributed by atoms with Crippen molar-refractivity contribution < 1.29 is 14.3 Å². The van der Waals surface area contributed by atoms with E-state index in [1.54, 1.807) is 24.3 Å². The lowest BCUT2D eigenvalue weighted by atomic mass is 9.98. The summed E-state index contributed by atoms with van der Waals surface area (Å²) in [4.78, 5) is 24.8. The van der Waals surface area contributed by atoms with Crippen LogP contribution in [0.5, 0.6) is 5.75 Å². The highest BCUT2D eigenvalue weighted by Crippen LogP contribution is 2.24. The fraction of sp³-hybridized carbons (Fsp3) is 0.200. The zero-order valence-electron chi connectivity index (χ0n) is 17.3. The zero-order chi connectivity index (χ0) is 22.1. The van der Waals surface area contributed by atoms with Crippen molar-refractivity contribution in [2.24, 2.45) is 0 Å². The summed E-state index contributed by atoms with van der Waals surface area (Å²) in [5, 5.41) is 6.40. The Labute approximate surface area is 187 Å². The lowest BCUT2D eigenvalue weighted by Gasteiger charge is -2.20. The van der Waals surface area contributed by atoms with Gasteiger partial charge in [0.2, 0.25) is 5.91 Å². The van der Waals surface area contributed by atoms with Crippen molar-refractivity contribution in [1.82, 2.24) is 10.6 Å². The summed E-state index contributed by atoms with van der Waals surface area (Å²) in [6, 6.07) is 23.8. The minimum Gasteiger partial charge on any atom is -0.494 e. The first-order valence-corrected chi connectivity index (χ1v) is 10.6. The fourth-order valence-corrected chi connectivity index (χ4v) is 3.28. The van der Waals surface area contributed by atoms with Gasteiger partial charge in [-0.1, -0.05) is 54.1 Å². The maximum absolute atomic E-state index is 12.6. The van der Waals surface area contributed by atoms with Gasteiger partial charge in [-0.2, -0.15) is 0 Å². The van der Waals surface area contributed by atoms with E-state index in [1.807, 2.05) is 61.5 Å². The van der Waals surface area contributed by atoms with E-state index in [0.29, 0.717) is 17.2 Å². The van der Waals surface area contributed by atoms with E-state index in [9.17, 15) is 9.59 Å². The first kappa shape index (κ1) is 22.4. The van der Waals surface area contributed by atoms with E-state index >= 15 is 0 Å². The molecule has 0 saturated carbocycles. The van der Waals surface area contributed by atoms with E-state index in [0.717, 1.165) is 16.9 Å². The van der Waals surface area contributed by atoms with Crippen LogP contribution >= 0.6 is 11.6 Å². The summed E-state index contributed by atoms with van der Waals surface area (Å²) in [5.74, 6) is 0.393. The molecule has 0 saturated heterocycles. The second-order valence-electron chi connectivity index (χ2n) is 6.93. The number of carbonyl (C=O) groups is 2. The maximum Gasteiger partial charge on any atom is 0.251 e. The van der Waals surface area contributed by atoms with Gasteiger partial charge in [-0.25, -0.2) is 0 Å². The number of amides is 2. The molecule has 160 valence electrons. The minimum atomic E-state index is -0.295. The molecule has 31 heavy (non-hydrogen) atoms. The van der Waals surface area contributed by atoms with Crippen LogP contribution in [0, 0.1) is 0 Å². The monoisotopic (exact) mass is 436 g/mol. The van der Waals surface area contributed by atoms with Crippen molar-refractivity contribution in [1.29, 1.82) is 0 Å². The fourth-order valence-electron chi connectivity index (χ4n) is 3.15. The first-order valence-electron chi connectivity index (χ1n) is 10.2. The zero-order valence-corrected chi connectivity index (χ0v) is 18.1. The van der Waals surface area contributed by atoms with Crippen LogP contribution in [-0.2, 0) is 4.79 Å². The molecular formula is C25H25ClN2O3. The van der Waals surface area contributed by atoms with E-state index in [1.165, 1.54) is 0 Å². The van der Waals surface area contributed by atoms with Gasteiger partial charge in [0.25, 0.3) is 5.91 Å². The number of nitrogens with one attached hydrogen (secondary N) is 2. The van der Waals surface area contributed by atoms with Gasteiger partial charge in [-0.3, -0.25) is 9.59 Å². The third kappa shape index (κ3) is 6.59. The first-order chi connectivity index (χ1) is 15.1. The Morgan fingerprint density at radius 2 is 1.55 bits per heavy atom. The van der Waals surface area contributed by atoms with E-state index in [-0.39, 0.29) is 30.8 Å². The Hall–Kier alpha value is -3.31. The molecule has 2 N–H and O–H groups in total. The molecule has 0 aliphatic rings. The van der Waals surface area contributed by atoms with Crippen molar-refractivity contribution in [2.45, 2.75) is 19.4 Å². The van der Waals surface area contributed by atoms with Gasteiger partial charge < -0.3 is 15.4 Å². The molecule has 0 heterocycles. The quantitative estimate of drug-likeness (QED) is 0.508. The van der Waals surface area contributed by atoms with Crippen LogP contribution in [0.25, 0.3) is 0 Å². The predicted octanol–water partition coefficient (Wildman–Crippen LogP) is 4.76. The van der Waals surface area contributed by atoms with Crippen LogP contribution in [0.15, 0.2) is 78.9 Å². The Kier molecular flexibility index (Phi) is 8.07. The molecule has 0 radical (unpaired) electrons. The maximum atomic E-state index is 12.6. The topological polar surface area (TPSA) is 67.4 Å². The van der Waals surface area contributed by atoms with Crippen LogP contribution in [0.4, 0.5) is 0 Å². The molecule has 0 fully saturated rings. The molecule has 0 aliphatic carbocycles. The molecule has 1 unspecified atom stereocenters. The highest BCUT2D eigenvalue weighted by Gasteiger charge is 2.17. The molecule has 1 atom stereocenters. The molecule has 2 amide bonds.